The van der Waals surface area contributed by atoms with E-state index in [2.05, 4.69) is 15.5 Å². The number of amides is 1. The average molecular weight is 453 g/mol. The number of hydrogen-bond donors (Lipinski definition) is 1. The first-order valence-electron chi connectivity index (χ1n) is 10.9. The van der Waals surface area contributed by atoms with E-state index in [0.29, 0.717) is 17.5 Å². The van der Waals surface area contributed by atoms with Crippen molar-refractivity contribution in [2.45, 2.75) is 49.8 Å². The molecule has 3 aromatic rings. The first kappa shape index (κ1) is 22.4. The summed E-state index contributed by atoms with van der Waals surface area (Å²) in [7, 11) is 0. The van der Waals surface area contributed by atoms with Gasteiger partial charge in [0.15, 0.2) is 11.0 Å². The predicted molar refractivity (Wildman–Crippen MR) is 124 cm³/mol. The molecule has 2 heterocycles. The van der Waals surface area contributed by atoms with Crippen molar-refractivity contribution in [3.05, 3.63) is 66.0 Å². The third-order valence-corrected chi connectivity index (χ3v) is 6.39. The van der Waals surface area contributed by atoms with Gasteiger partial charge in [-0.1, -0.05) is 48.2 Å². The minimum absolute atomic E-state index is 0.0363. The maximum absolute atomic E-state index is 12.6. The van der Waals surface area contributed by atoms with Crippen LogP contribution in [0.15, 0.2) is 59.8 Å². The van der Waals surface area contributed by atoms with Gasteiger partial charge in [0, 0.05) is 18.8 Å². The number of hydrogen-bond acceptors (Lipinski definition) is 6. The molecule has 1 amide bonds. The molecule has 2 atom stereocenters. The van der Waals surface area contributed by atoms with Crippen LogP contribution in [0, 0.1) is 6.92 Å². The van der Waals surface area contributed by atoms with E-state index < -0.39 is 0 Å². The van der Waals surface area contributed by atoms with Crippen molar-refractivity contribution < 1.29 is 14.3 Å². The molecular weight excluding hydrogens is 424 g/mol. The van der Waals surface area contributed by atoms with Gasteiger partial charge in [0.05, 0.1) is 11.4 Å². The highest BCUT2D eigenvalue weighted by Crippen LogP contribution is 2.27. The zero-order valence-corrected chi connectivity index (χ0v) is 19.2. The fourth-order valence-corrected chi connectivity index (χ4v) is 4.45. The molecule has 1 N–H and O–H groups in total. The number of carbonyl (C=O) groups is 1. The van der Waals surface area contributed by atoms with Crippen LogP contribution >= 0.6 is 11.8 Å². The Morgan fingerprint density at radius 3 is 2.75 bits per heavy atom. The molecule has 7 nitrogen and oxygen atoms in total. The van der Waals surface area contributed by atoms with Gasteiger partial charge in [0.1, 0.15) is 12.4 Å². The van der Waals surface area contributed by atoms with Crippen LogP contribution < -0.4 is 10.1 Å². The lowest BCUT2D eigenvalue weighted by atomic mass is 10.2. The average Bonchev–Trinajstić information content (AvgIpc) is 3.47. The normalized spacial score (nSPS) is 16.6. The zero-order chi connectivity index (χ0) is 22.3. The number of thioether (sulfide) groups is 1. The van der Waals surface area contributed by atoms with Gasteiger partial charge in [-0.2, -0.15) is 0 Å². The molecule has 0 bridgehead atoms. The van der Waals surface area contributed by atoms with Gasteiger partial charge in [-0.15, -0.1) is 10.2 Å². The fourth-order valence-electron chi connectivity index (χ4n) is 3.54. The van der Waals surface area contributed by atoms with Crippen molar-refractivity contribution in [3.63, 3.8) is 0 Å². The highest BCUT2D eigenvalue weighted by molar-refractivity contribution is 8.00. The molecule has 32 heavy (non-hydrogen) atoms. The van der Waals surface area contributed by atoms with E-state index in [1.165, 1.54) is 11.8 Å². The van der Waals surface area contributed by atoms with Crippen LogP contribution in [-0.2, 0) is 16.1 Å². The van der Waals surface area contributed by atoms with Crippen LogP contribution in [0.4, 0.5) is 0 Å². The highest BCUT2D eigenvalue weighted by Gasteiger charge is 2.23. The lowest BCUT2D eigenvalue weighted by Gasteiger charge is -2.16. The van der Waals surface area contributed by atoms with Crippen LogP contribution in [0.2, 0.25) is 0 Å². The molecule has 1 aliphatic heterocycles. The molecule has 0 aliphatic carbocycles. The lowest BCUT2D eigenvalue weighted by molar-refractivity contribution is -0.120. The predicted octanol–water partition coefficient (Wildman–Crippen LogP) is 3.93. The van der Waals surface area contributed by atoms with Crippen LogP contribution in [0.5, 0.6) is 5.75 Å². The number of rotatable bonds is 9. The maximum Gasteiger partial charge on any atom is 0.233 e. The molecular formula is C24H28N4O3S. The molecule has 1 aliphatic rings. The summed E-state index contributed by atoms with van der Waals surface area (Å²) in [4.78, 5) is 12.6. The van der Waals surface area contributed by atoms with E-state index >= 15 is 0 Å². The summed E-state index contributed by atoms with van der Waals surface area (Å²) in [6, 6.07) is 17.8. The van der Waals surface area contributed by atoms with Gasteiger partial charge >= 0.3 is 0 Å². The molecule has 2 aromatic carbocycles. The summed E-state index contributed by atoms with van der Waals surface area (Å²) >= 11 is 1.38. The Bertz CT molecular complexity index is 1030. The third kappa shape index (κ3) is 5.49. The summed E-state index contributed by atoms with van der Waals surface area (Å²) < 4.78 is 13.6. The molecule has 8 heteroatoms. The molecule has 168 valence electrons. The summed E-state index contributed by atoms with van der Waals surface area (Å²) in [6.45, 7) is 5.48. The van der Waals surface area contributed by atoms with Gasteiger partial charge < -0.3 is 14.8 Å². The Balaban J connectivity index is 1.48. The molecule has 0 radical (unpaired) electrons. The van der Waals surface area contributed by atoms with Crippen molar-refractivity contribution >= 4 is 17.7 Å². The molecule has 0 unspecified atom stereocenters. The second-order valence-corrected chi connectivity index (χ2v) is 9.07. The minimum atomic E-state index is -0.326. The number of nitrogens with one attached hydrogen (secondary N) is 1. The second kappa shape index (κ2) is 10.7. The van der Waals surface area contributed by atoms with Gasteiger partial charge in [-0.25, -0.2) is 0 Å². The van der Waals surface area contributed by atoms with E-state index in [4.69, 9.17) is 9.47 Å². The Morgan fingerprint density at radius 1 is 1.22 bits per heavy atom. The number of nitrogens with zero attached hydrogens (tertiary/aromatic N) is 3. The summed E-state index contributed by atoms with van der Waals surface area (Å²) in [5.41, 5.74) is 1.99. The quantitative estimate of drug-likeness (QED) is 0.496. The van der Waals surface area contributed by atoms with Crippen molar-refractivity contribution in [2.24, 2.45) is 0 Å². The second-order valence-electron chi connectivity index (χ2n) is 7.76. The lowest BCUT2D eigenvalue weighted by Crippen LogP contribution is -2.36. The van der Waals surface area contributed by atoms with Crippen LogP contribution in [0.3, 0.4) is 0 Å². The first-order valence-corrected chi connectivity index (χ1v) is 11.7. The van der Waals surface area contributed by atoms with Crippen molar-refractivity contribution in [1.82, 2.24) is 20.1 Å². The van der Waals surface area contributed by atoms with Crippen LogP contribution in [0.25, 0.3) is 5.69 Å². The number of benzene rings is 2. The Kier molecular flexibility index (Phi) is 7.44. The number of aromatic nitrogens is 3. The zero-order valence-electron chi connectivity index (χ0n) is 18.4. The van der Waals surface area contributed by atoms with Gasteiger partial charge in [-0.3, -0.25) is 9.36 Å². The van der Waals surface area contributed by atoms with Crippen molar-refractivity contribution in [3.8, 4) is 11.4 Å². The van der Waals surface area contributed by atoms with E-state index in [1.54, 1.807) is 0 Å². The summed E-state index contributed by atoms with van der Waals surface area (Å²) in [5.74, 6) is 1.45. The van der Waals surface area contributed by atoms with Gasteiger partial charge in [0.25, 0.3) is 0 Å². The Labute approximate surface area is 192 Å². The van der Waals surface area contributed by atoms with E-state index in [0.717, 1.165) is 36.4 Å². The number of para-hydroxylation sites is 2. The SMILES string of the molecule is Cc1ccccc1OCc1nnc(S[C@H](C)C(=O)NC[C@@H]2CCCO2)n1-c1ccccc1. The van der Waals surface area contributed by atoms with Crippen molar-refractivity contribution in [2.75, 3.05) is 13.2 Å². The monoisotopic (exact) mass is 452 g/mol. The van der Waals surface area contributed by atoms with E-state index in [1.807, 2.05) is 73.0 Å². The fraction of sp³-hybridized carbons (Fsp3) is 0.375. The summed E-state index contributed by atoms with van der Waals surface area (Å²) in [5, 5.41) is 12.1. The molecule has 0 spiro atoms. The van der Waals surface area contributed by atoms with E-state index in [-0.39, 0.29) is 23.9 Å². The molecule has 1 saturated heterocycles. The van der Waals surface area contributed by atoms with Crippen molar-refractivity contribution in [1.29, 1.82) is 0 Å². The Hall–Kier alpha value is -2.84. The van der Waals surface area contributed by atoms with E-state index in [9.17, 15) is 4.79 Å². The Morgan fingerprint density at radius 2 is 2.00 bits per heavy atom. The van der Waals surface area contributed by atoms with Gasteiger partial charge in [0.2, 0.25) is 5.91 Å². The molecule has 1 fully saturated rings. The number of carbonyl (C=O) groups excluding carboxylic acids is 1. The maximum atomic E-state index is 12.6. The largest absolute Gasteiger partial charge is 0.485 e. The number of aryl methyl sites for hydroxylation is 1. The topological polar surface area (TPSA) is 78.3 Å². The van der Waals surface area contributed by atoms with Crippen LogP contribution in [0.1, 0.15) is 31.2 Å². The molecule has 0 saturated carbocycles. The summed E-state index contributed by atoms with van der Waals surface area (Å²) in [6.07, 6.45) is 2.17. The highest BCUT2D eigenvalue weighted by atomic mass is 32.2. The number of ether oxygens (including phenoxy) is 2. The minimum Gasteiger partial charge on any atom is -0.485 e. The molecule has 1 aromatic heterocycles. The van der Waals surface area contributed by atoms with Crippen LogP contribution in [-0.4, -0.2) is 45.2 Å². The third-order valence-electron chi connectivity index (χ3n) is 5.34. The van der Waals surface area contributed by atoms with Gasteiger partial charge in [-0.05, 0) is 50.5 Å². The molecule has 4 rings (SSSR count). The first-order chi connectivity index (χ1) is 15.6. The standard InChI is InChI=1S/C24H28N4O3S/c1-17-9-6-7-13-21(17)31-16-22-26-27-24(28(22)19-10-4-3-5-11-19)32-18(2)23(29)25-15-20-12-8-14-30-20/h3-7,9-11,13,18,20H,8,12,14-16H2,1-2H3,(H,25,29)/t18-,20+/m1/s1. The smallest absolute Gasteiger partial charge is 0.233 e.